The molecule has 0 bridgehead atoms. The highest BCUT2D eigenvalue weighted by Crippen LogP contribution is 2.38. The lowest BCUT2D eigenvalue weighted by Crippen LogP contribution is -2.35. The second kappa shape index (κ2) is 5.54. The number of halogens is 2. The van der Waals surface area contributed by atoms with Gasteiger partial charge in [0.1, 0.15) is 14.6 Å². The molecule has 1 aromatic rings. The fourth-order valence-corrected chi connectivity index (χ4v) is 4.82. The Morgan fingerprint density at radius 3 is 2.67 bits per heavy atom. The monoisotopic (exact) mass is 426 g/mol. The molecule has 0 saturated carbocycles. The molecule has 0 spiro atoms. The van der Waals surface area contributed by atoms with E-state index in [0.29, 0.717) is 0 Å². The van der Waals surface area contributed by atoms with E-state index >= 15 is 0 Å². The van der Waals surface area contributed by atoms with Gasteiger partial charge in [-0.2, -0.15) is 0 Å². The third-order valence-electron chi connectivity index (χ3n) is 3.06. The van der Waals surface area contributed by atoms with Crippen molar-refractivity contribution in [1.82, 2.24) is 5.01 Å². The Hall–Kier alpha value is -1.20. The molecule has 3 N–H and O–H groups in total. The van der Waals surface area contributed by atoms with Gasteiger partial charge in [-0.25, -0.2) is 18.7 Å². The molecule has 0 amide bonds. The number of hydrogen-bond acceptors (Lipinski definition) is 5. The summed E-state index contributed by atoms with van der Waals surface area (Å²) in [5.41, 5.74) is 0.441. The molecule has 0 saturated heterocycles. The van der Waals surface area contributed by atoms with Crippen LogP contribution in [0.25, 0.3) is 5.70 Å². The zero-order valence-corrected chi connectivity index (χ0v) is 13.9. The minimum Gasteiger partial charge on any atom is -0.480 e. The first-order valence-corrected chi connectivity index (χ1v) is 8.66. The molecular weight excluding hydrogens is 414 g/mol. The zero-order valence-electron chi connectivity index (χ0n) is 10.9. The lowest BCUT2D eigenvalue weighted by Gasteiger charge is -2.29. The highest BCUT2D eigenvalue weighted by atomic mass is 127. The average molecular weight is 426 g/mol. The van der Waals surface area contributed by atoms with Gasteiger partial charge in [0.05, 0.1) is 11.4 Å². The molecule has 0 aliphatic carbocycles. The van der Waals surface area contributed by atoms with Crippen LogP contribution in [0.4, 0.5) is 4.39 Å². The summed E-state index contributed by atoms with van der Waals surface area (Å²) < 4.78 is 37.4. The van der Waals surface area contributed by atoms with Gasteiger partial charge in [0.2, 0.25) is 0 Å². The molecule has 114 valence electrons. The lowest BCUT2D eigenvalue weighted by atomic mass is 10.0. The van der Waals surface area contributed by atoms with Gasteiger partial charge in [-0.15, -0.1) is 0 Å². The van der Waals surface area contributed by atoms with Crippen molar-refractivity contribution in [2.24, 2.45) is 5.84 Å². The SMILES string of the molecule is CN(N)C1=C(C(I)C(=O)O)CS(=O)(=O)c2c(F)cccc21. The van der Waals surface area contributed by atoms with Crippen LogP contribution in [0.3, 0.4) is 0 Å². The summed E-state index contributed by atoms with van der Waals surface area (Å²) in [6, 6.07) is 3.83. The van der Waals surface area contributed by atoms with E-state index in [2.05, 4.69) is 0 Å². The minimum absolute atomic E-state index is 0.0872. The average Bonchev–Trinajstić information content (AvgIpc) is 2.35. The minimum atomic E-state index is -3.95. The number of hydrogen-bond donors (Lipinski definition) is 2. The van der Waals surface area contributed by atoms with Crippen LogP contribution in [0.2, 0.25) is 0 Å². The first kappa shape index (κ1) is 16.2. The molecule has 9 heteroatoms. The van der Waals surface area contributed by atoms with Crippen molar-refractivity contribution in [2.45, 2.75) is 8.82 Å². The number of benzene rings is 1. The number of carboxylic acid groups (broad SMARTS) is 1. The van der Waals surface area contributed by atoms with Crippen LogP contribution in [0.5, 0.6) is 0 Å². The molecular formula is C12H12FIN2O4S. The van der Waals surface area contributed by atoms with Gasteiger partial charge in [0.25, 0.3) is 0 Å². The molecule has 0 radical (unpaired) electrons. The Labute approximate surface area is 134 Å². The highest BCUT2D eigenvalue weighted by molar-refractivity contribution is 14.1. The second-order valence-corrected chi connectivity index (χ2v) is 7.73. The van der Waals surface area contributed by atoms with Crippen molar-refractivity contribution in [3.63, 3.8) is 0 Å². The van der Waals surface area contributed by atoms with E-state index in [4.69, 9.17) is 10.9 Å². The van der Waals surface area contributed by atoms with Crippen LogP contribution in [0.15, 0.2) is 28.7 Å². The number of alkyl halides is 1. The first-order valence-electron chi connectivity index (χ1n) is 5.77. The summed E-state index contributed by atoms with van der Waals surface area (Å²) in [7, 11) is -2.50. The smallest absolute Gasteiger partial charge is 0.320 e. The lowest BCUT2D eigenvalue weighted by molar-refractivity contribution is -0.135. The van der Waals surface area contributed by atoms with Gasteiger partial charge in [-0.05, 0) is 11.6 Å². The van der Waals surface area contributed by atoms with Gasteiger partial charge in [0, 0.05) is 12.6 Å². The molecule has 6 nitrogen and oxygen atoms in total. The largest absolute Gasteiger partial charge is 0.480 e. The fraction of sp³-hybridized carbons (Fsp3) is 0.250. The van der Waals surface area contributed by atoms with E-state index in [-0.39, 0.29) is 16.8 Å². The molecule has 1 aliphatic heterocycles. The molecule has 21 heavy (non-hydrogen) atoms. The normalized spacial score (nSPS) is 18.1. The van der Waals surface area contributed by atoms with E-state index < -0.39 is 36.2 Å². The number of fused-ring (bicyclic) bond motifs is 1. The molecule has 0 fully saturated rings. The Balaban J connectivity index is 2.85. The molecule has 2 rings (SSSR count). The van der Waals surface area contributed by atoms with Crippen molar-refractivity contribution < 1.29 is 22.7 Å². The summed E-state index contributed by atoms with van der Waals surface area (Å²) in [4.78, 5) is 10.8. The van der Waals surface area contributed by atoms with Crippen molar-refractivity contribution >= 4 is 44.1 Å². The summed E-state index contributed by atoms with van der Waals surface area (Å²) >= 11 is 1.63. The first-order chi connectivity index (χ1) is 9.66. The maximum absolute atomic E-state index is 13.9. The van der Waals surface area contributed by atoms with Crippen LogP contribution in [0, 0.1) is 5.82 Å². The Morgan fingerprint density at radius 1 is 1.52 bits per heavy atom. The van der Waals surface area contributed by atoms with Crippen LogP contribution < -0.4 is 5.84 Å². The summed E-state index contributed by atoms with van der Waals surface area (Å²) in [5, 5.41) is 10.3. The summed E-state index contributed by atoms with van der Waals surface area (Å²) in [6.45, 7) is 0. The number of aliphatic carboxylic acids is 1. The number of carboxylic acids is 1. The molecule has 1 aliphatic rings. The molecule has 1 aromatic carbocycles. The molecule has 1 atom stereocenters. The number of nitrogens with two attached hydrogens (primary N) is 1. The molecule has 1 heterocycles. The van der Waals surface area contributed by atoms with E-state index in [1.54, 1.807) is 22.6 Å². The Bertz CT molecular complexity index is 746. The maximum atomic E-state index is 13.9. The van der Waals surface area contributed by atoms with Gasteiger partial charge >= 0.3 is 5.97 Å². The quantitative estimate of drug-likeness (QED) is 0.324. The predicted molar refractivity (Wildman–Crippen MR) is 82.8 cm³/mol. The van der Waals surface area contributed by atoms with Crippen molar-refractivity contribution in [3.05, 3.63) is 35.2 Å². The Kier molecular flexibility index (Phi) is 4.26. The van der Waals surface area contributed by atoms with Gasteiger partial charge in [0.15, 0.2) is 9.84 Å². The van der Waals surface area contributed by atoms with E-state index in [0.717, 1.165) is 11.1 Å². The third-order valence-corrected chi connectivity index (χ3v) is 6.07. The molecule has 1 unspecified atom stereocenters. The Morgan fingerprint density at radius 2 is 2.14 bits per heavy atom. The van der Waals surface area contributed by atoms with E-state index in [1.165, 1.54) is 19.2 Å². The number of sulfone groups is 1. The number of rotatable bonds is 3. The zero-order chi connectivity index (χ0) is 15.9. The summed E-state index contributed by atoms with van der Waals surface area (Å²) in [5.74, 6) is 3.09. The van der Waals surface area contributed by atoms with Crippen molar-refractivity contribution in [3.8, 4) is 0 Å². The van der Waals surface area contributed by atoms with Gasteiger partial charge in [-0.1, -0.05) is 34.7 Å². The number of carbonyl (C=O) groups is 1. The second-order valence-electron chi connectivity index (χ2n) is 4.56. The highest BCUT2D eigenvalue weighted by Gasteiger charge is 2.37. The van der Waals surface area contributed by atoms with Gasteiger partial charge in [-0.3, -0.25) is 4.79 Å². The van der Waals surface area contributed by atoms with Crippen molar-refractivity contribution in [2.75, 3.05) is 12.8 Å². The number of hydrazine groups is 1. The van der Waals surface area contributed by atoms with Crippen LogP contribution in [-0.2, 0) is 14.6 Å². The van der Waals surface area contributed by atoms with Crippen LogP contribution in [-0.4, -0.2) is 41.2 Å². The number of nitrogens with zero attached hydrogens (tertiary/aromatic N) is 1. The molecule has 0 aromatic heterocycles. The van der Waals surface area contributed by atoms with E-state index in [1.807, 2.05) is 0 Å². The van der Waals surface area contributed by atoms with Gasteiger partial charge < -0.3 is 10.1 Å². The summed E-state index contributed by atoms with van der Waals surface area (Å²) in [6.07, 6.45) is 0. The predicted octanol–water partition coefficient (Wildman–Crippen LogP) is 1.02. The standard InChI is InChI=1S/C12H12FIN2O4S/c1-16(15)10-6-3-2-4-8(13)11(6)21(19,20)5-7(10)9(14)12(17)18/h2-4,9H,5,15H2,1H3,(H,17,18). The topological polar surface area (TPSA) is 101 Å². The maximum Gasteiger partial charge on any atom is 0.320 e. The third kappa shape index (κ3) is 2.77. The van der Waals surface area contributed by atoms with E-state index in [9.17, 15) is 17.6 Å². The van der Waals surface area contributed by atoms with Crippen LogP contribution in [0.1, 0.15) is 5.56 Å². The fourth-order valence-electron chi connectivity index (χ4n) is 2.29. The van der Waals surface area contributed by atoms with Crippen molar-refractivity contribution in [1.29, 1.82) is 0 Å². The van der Waals surface area contributed by atoms with Crippen LogP contribution >= 0.6 is 22.6 Å².